The maximum atomic E-state index is 11.9. The van der Waals surface area contributed by atoms with Gasteiger partial charge in [-0.2, -0.15) is 0 Å². The minimum Gasteiger partial charge on any atom is -0.497 e. The van der Waals surface area contributed by atoms with E-state index in [1.807, 2.05) is 78.9 Å². The van der Waals surface area contributed by atoms with Gasteiger partial charge in [-0.3, -0.25) is 4.79 Å². The average Bonchev–Trinajstić information content (AvgIpc) is 3.14. The van der Waals surface area contributed by atoms with Gasteiger partial charge in [0.2, 0.25) is 5.89 Å². The van der Waals surface area contributed by atoms with Crippen molar-refractivity contribution in [1.82, 2.24) is 4.98 Å². The number of aromatic nitrogens is 1. The highest BCUT2D eigenvalue weighted by Gasteiger charge is 2.11. The molecular formula is C24H19NO3. The molecule has 0 aliphatic rings. The number of carbonyl (C=O) groups is 1. The lowest BCUT2D eigenvalue weighted by atomic mass is 9.97. The van der Waals surface area contributed by atoms with Gasteiger partial charge in [0.15, 0.2) is 11.4 Å². The van der Waals surface area contributed by atoms with E-state index in [1.54, 1.807) is 14.0 Å². The lowest BCUT2D eigenvalue weighted by Crippen LogP contribution is -1.95. The molecule has 3 aromatic carbocycles. The van der Waals surface area contributed by atoms with Crippen LogP contribution < -0.4 is 4.74 Å². The molecule has 1 heterocycles. The summed E-state index contributed by atoms with van der Waals surface area (Å²) in [4.78, 5) is 16.5. The van der Waals surface area contributed by atoms with E-state index in [4.69, 9.17) is 9.15 Å². The third-order valence-corrected chi connectivity index (χ3v) is 4.53. The lowest BCUT2D eigenvalue weighted by molar-refractivity contribution is 0.101. The summed E-state index contributed by atoms with van der Waals surface area (Å²) in [6.45, 7) is 1.58. The maximum Gasteiger partial charge on any atom is 0.220 e. The number of ketones is 1. The van der Waals surface area contributed by atoms with Crippen LogP contribution in [0.2, 0.25) is 0 Å². The van der Waals surface area contributed by atoms with E-state index in [9.17, 15) is 4.79 Å². The third-order valence-electron chi connectivity index (χ3n) is 4.53. The number of hydrogen-bond donors (Lipinski definition) is 0. The zero-order valence-corrected chi connectivity index (χ0v) is 15.7. The quantitative estimate of drug-likeness (QED) is 0.412. The Balaban J connectivity index is 1.67. The molecule has 0 spiro atoms. The van der Waals surface area contributed by atoms with Crippen LogP contribution in [0.5, 0.6) is 5.75 Å². The van der Waals surface area contributed by atoms with Gasteiger partial charge in [0, 0.05) is 11.6 Å². The predicted octanol–water partition coefficient (Wildman–Crippen LogP) is 5.88. The van der Waals surface area contributed by atoms with E-state index in [-0.39, 0.29) is 5.78 Å². The van der Waals surface area contributed by atoms with Crippen LogP contribution >= 0.6 is 0 Å². The largest absolute Gasteiger partial charge is 0.497 e. The van der Waals surface area contributed by atoms with E-state index < -0.39 is 0 Å². The van der Waals surface area contributed by atoms with Crippen molar-refractivity contribution in [3.8, 4) is 16.9 Å². The van der Waals surface area contributed by atoms with E-state index in [0.29, 0.717) is 17.0 Å². The average molecular weight is 369 g/mol. The summed E-state index contributed by atoms with van der Waals surface area (Å²) in [5.41, 5.74) is 4.99. The number of oxazole rings is 1. The van der Waals surface area contributed by atoms with Gasteiger partial charge >= 0.3 is 0 Å². The summed E-state index contributed by atoms with van der Waals surface area (Å²) < 4.78 is 11.1. The first-order valence-electron chi connectivity index (χ1n) is 8.97. The summed E-state index contributed by atoms with van der Waals surface area (Å²) in [7, 11) is 1.64. The van der Waals surface area contributed by atoms with Gasteiger partial charge in [-0.15, -0.1) is 0 Å². The number of benzene rings is 3. The van der Waals surface area contributed by atoms with E-state index in [2.05, 4.69) is 4.98 Å². The van der Waals surface area contributed by atoms with Gasteiger partial charge in [0.1, 0.15) is 11.3 Å². The second-order valence-electron chi connectivity index (χ2n) is 6.45. The molecule has 138 valence electrons. The molecule has 0 saturated carbocycles. The lowest BCUT2D eigenvalue weighted by Gasteiger charge is -2.06. The van der Waals surface area contributed by atoms with Crippen molar-refractivity contribution >= 4 is 29.0 Å². The Kier molecular flexibility index (Phi) is 4.77. The fourth-order valence-electron chi connectivity index (χ4n) is 3.14. The first kappa shape index (κ1) is 17.7. The first-order valence-corrected chi connectivity index (χ1v) is 8.97. The summed E-state index contributed by atoms with van der Waals surface area (Å²) in [5, 5.41) is 0. The van der Waals surface area contributed by atoms with Crippen LogP contribution in [0.25, 0.3) is 34.4 Å². The minimum absolute atomic E-state index is 0.0396. The molecule has 4 rings (SSSR count). The molecule has 4 nitrogen and oxygen atoms in total. The molecule has 0 aliphatic heterocycles. The Morgan fingerprint density at radius 3 is 2.68 bits per heavy atom. The smallest absolute Gasteiger partial charge is 0.220 e. The molecule has 0 unspecified atom stereocenters. The molecule has 4 heteroatoms. The Bertz CT molecular complexity index is 1190. The number of carbonyl (C=O) groups excluding carboxylic acids is 1. The van der Waals surface area contributed by atoms with Gasteiger partial charge in [-0.05, 0) is 54.0 Å². The van der Waals surface area contributed by atoms with Gasteiger partial charge in [-0.25, -0.2) is 4.98 Å². The summed E-state index contributed by atoms with van der Waals surface area (Å²) >= 11 is 0. The molecule has 0 radical (unpaired) electrons. The highest BCUT2D eigenvalue weighted by Crippen LogP contribution is 2.28. The maximum absolute atomic E-state index is 11.9. The van der Waals surface area contributed by atoms with Crippen molar-refractivity contribution < 1.29 is 13.9 Å². The van der Waals surface area contributed by atoms with Gasteiger partial charge in [0.05, 0.1) is 7.11 Å². The van der Waals surface area contributed by atoms with Crippen molar-refractivity contribution in [2.24, 2.45) is 0 Å². The number of hydrogen-bond acceptors (Lipinski definition) is 4. The van der Waals surface area contributed by atoms with Crippen LogP contribution in [-0.4, -0.2) is 17.9 Å². The minimum atomic E-state index is 0.0396. The van der Waals surface area contributed by atoms with E-state index in [1.165, 1.54) is 0 Å². The number of ether oxygens (including phenoxy) is 1. The molecule has 0 amide bonds. The highest BCUT2D eigenvalue weighted by molar-refractivity contribution is 6.01. The second-order valence-corrected chi connectivity index (χ2v) is 6.45. The summed E-state index contributed by atoms with van der Waals surface area (Å²) in [6, 6.07) is 21.1. The van der Waals surface area contributed by atoms with E-state index >= 15 is 0 Å². The van der Waals surface area contributed by atoms with Gasteiger partial charge in [0.25, 0.3) is 0 Å². The van der Waals surface area contributed by atoms with Crippen molar-refractivity contribution in [3.05, 3.63) is 83.7 Å². The topological polar surface area (TPSA) is 52.3 Å². The number of rotatable bonds is 5. The van der Waals surface area contributed by atoms with Crippen molar-refractivity contribution in [2.45, 2.75) is 6.92 Å². The molecule has 0 bridgehead atoms. The van der Waals surface area contributed by atoms with Crippen LogP contribution in [0, 0.1) is 0 Å². The standard InChI is InChI=1S/C24H19NO3/c1-16(26)20-8-3-4-9-21(20)18-11-12-23-22(15-18)25-24(28-23)13-10-17-6-5-7-19(14-17)27-2/h3-15H,1-2H3. The zero-order chi connectivity index (χ0) is 19.5. The zero-order valence-electron chi connectivity index (χ0n) is 15.7. The van der Waals surface area contributed by atoms with E-state index in [0.717, 1.165) is 28.0 Å². The predicted molar refractivity (Wildman–Crippen MR) is 111 cm³/mol. The molecule has 0 atom stereocenters. The SMILES string of the molecule is COc1cccc(C=Cc2nc3cc(-c4ccccc4C(C)=O)ccc3o2)c1. The first-order chi connectivity index (χ1) is 13.6. The number of Topliss-reactive ketones (excluding diaryl/α,β-unsaturated/α-hetero) is 1. The van der Waals surface area contributed by atoms with Crippen LogP contribution in [-0.2, 0) is 0 Å². The van der Waals surface area contributed by atoms with Gasteiger partial charge < -0.3 is 9.15 Å². The fourth-order valence-corrected chi connectivity index (χ4v) is 3.14. The molecule has 0 aliphatic carbocycles. The number of methoxy groups -OCH3 is 1. The number of fused-ring (bicyclic) bond motifs is 1. The molecular weight excluding hydrogens is 350 g/mol. The molecule has 0 saturated heterocycles. The molecule has 1 aromatic heterocycles. The molecule has 0 N–H and O–H groups in total. The Labute approximate surface area is 163 Å². The van der Waals surface area contributed by atoms with Crippen molar-refractivity contribution in [1.29, 1.82) is 0 Å². The van der Waals surface area contributed by atoms with Crippen molar-refractivity contribution in [3.63, 3.8) is 0 Å². The van der Waals surface area contributed by atoms with Crippen LogP contribution in [0.15, 0.2) is 71.1 Å². The van der Waals surface area contributed by atoms with Crippen LogP contribution in [0.4, 0.5) is 0 Å². The Morgan fingerprint density at radius 2 is 1.86 bits per heavy atom. The Hall–Kier alpha value is -3.66. The molecule has 0 fully saturated rings. The third kappa shape index (κ3) is 3.58. The van der Waals surface area contributed by atoms with Crippen molar-refractivity contribution in [2.75, 3.05) is 7.11 Å². The van der Waals surface area contributed by atoms with Crippen LogP contribution in [0.1, 0.15) is 28.7 Å². The fraction of sp³-hybridized carbons (Fsp3) is 0.0833. The number of nitrogens with zero attached hydrogens (tertiary/aromatic N) is 1. The molecule has 4 aromatic rings. The summed E-state index contributed by atoms with van der Waals surface area (Å²) in [5.74, 6) is 1.36. The highest BCUT2D eigenvalue weighted by atomic mass is 16.5. The van der Waals surface area contributed by atoms with Gasteiger partial charge in [-0.1, -0.05) is 42.5 Å². The second kappa shape index (κ2) is 7.53. The summed E-state index contributed by atoms with van der Waals surface area (Å²) in [6.07, 6.45) is 3.76. The molecule has 28 heavy (non-hydrogen) atoms. The Morgan fingerprint density at radius 1 is 1.00 bits per heavy atom. The monoisotopic (exact) mass is 369 g/mol. The van der Waals surface area contributed by atoms with Crippen LogP contribution in [0.3, 0.4) is 0 Å². The normalized spacial score (nSPS) is 11.2.